The summed E-state index contributed by atoms with van der Waals surface area (Å²) < 4.78 is 10.6. The second-order valence-corrected chi connectivity index (χ2v) is 15.1. The van der Waals surface area contributed by atoms with Gasteiger partial charge in [-0.25, -0.2) is 0 Å². The van der Waals surface area contributed by atoms with E-state index in [1.54, 1.807) is 6.92 Å². The molecule has 5 aliphatic rings. The number of carbonyl (C=O) groups is 2. The molecule has 0 spiro atoms. The van der Waals surface area contributed by atoms with Gasteiger partial charge in [0.05, 0.1) is 42.9 Å². The summed E-state index contributed by atoms with van der Waals surface area (Å²) in [6.07, 6.45) is 5.79. The first-order chi connectivity index (χ1) is 18.0. The lowest BCUT2D eigenvalue weighted by Crippen LogP contribution is -2.69. The number of hydrogen-bond acceptors (Lipinski definition) is 7. The minimum Gasteiger partial charge on any atom is -0.469 e. The molecule has 12 unspecified atom stereocenters. The molecular formula is C32H50O7. The maximum atomic E-state index is 13.5. The molecule has 0 aliphatic heterocycles. The monoisotopic (exact) mass is 546 g/mol. The summed E-state index contributed by atoms with van der Waals surface area (Å²) in [6, 6.07) is 0. The molecule has 0 bridgehead atoms. The van der Waals surface area contributed by atoms with Crippen molar-refractivity contribution in [3.05, 3.63) is 11.6 Å². The lowest BCUT2D eigenvalue weighted by atomic mass is 9.33. The van der Waals surface area contributed by atoms with E-state index in [1.807, 2.05) is 6.92 Å². The average molecular weight is 547 g/mol. The Bertz CT molecular complexity index is 1080. The SMILES string of the molecule is COC(=O)C12CCC(C)(O)C(C)C1C1=CCC3C4(C)CC(O)C(O)C(C)(C(=O)OC)C4CCC3(C)C1(C)CC2. The molecule has 0 aromatic rings. The molecule has 4 saturated carbocycles. The zero-order valence-electron chi connectivity index (χ0n) is 25.2. The second-order valence-electron chi connectivity index (χ2n) is 15.1. The third-order valence-corrected chi connectivity index (χ3v) is 13.9. The van der Waals surface area contributed by atoms with Gasteiger partial charge in [-0.05, 0) is 99.2 Å². The fourth-order valence-electron chi connectivity index (χ4n) is 11.3. The number of ether oxygens (including phenoxy) is 2. The van der Waals surface area contributed by atoms with E-state index in [9.17, 15) is 24.9 Å². The fraction of sp³-hybridized carbons (Fsp3) is 0.875. The van der Waals surface area contributed by atoms with E-state index < -0.39 is 34.6 Å². The molecule has 0 amide bonds. The van der Waals surface area contributed by atoms with Crippen molar-refractivity contribution in [1.82, 2.24) is 0 Å². The smallest absolute Gasteiger partial charge is 0.314 e. The van der Waals surface area contributed by atoms with Gasteiger partial charge in [0.1, 0.15) is 0 Å². The summed E-state index contributed by atoms with van der Waals surface area (Å²) >= 11 is 0. The van der Waals surface area contributed by atoms with E-state index in [-0.39, 0.29) is 45.9 Å². The van der Waals surface area contributed by atoms with E-state index in [1.165, 1.54) is 19.8 Å². The van der Waals surface area contributed by atoms with Crippen LogP contribution in [0.25, 0.3) is 0 Å². The summed E-state index contributed by atoms with van der Waals surface area (Å²) in [4.78, 5) is 26.6. The quantitative estimate of drug-likeness (QED) is 0.347. The zero-order valence-corrected chi connectivity index (χ0v) is 25.2. The second kappa shape index (κ2) is 8.78. The summed E-state index contributed by atoms with van der Waals surface area (Å²) in [5, 5.41) is 33.7. The molecule has 39 heavy (non-hydrogen) atoms. The number of carbonyl (C=O) groups excluding carboxylic acids is 2. The van der Waals surface area contributed by atoms with Crippen LogP contribution in [0.1, 0.15) is 92.9 Å². The van der Waals surface area contributed by atoms with Crippen molar-refractivity contribution in [2.75, 3.05) is 14.2 Å². The van der Waals surface area contributed by atoms with Gasteiger partial charge in [-0.3, -0.25) is 9.59 Å². The summed E-state index contributed by atoms with van der Waals surface area (Å²) in [5.41, 5.74) is -2.13. The Hall–Kier alpha value is -1.44. The zero-order chi connectivity index (χ0) is 29.0. The standard InChI is InChI=1S/C32H50O7/c1-18-23-19-9-10-21-27(2)17-20(33)24(34)31(6,25(35)38-7)22(27)11-12-29(21,4)28(19,3)13-15-32(23,26(36)39-8)16-14-30(18,5)37/h9,18,20-24,33-34,37H,10-17H2,1-8H3. The van der Waals surface area contributed by atoms with Crippen LogP contribution in [-0.2, 0) is 19.1 Å². The minimum atomic E-state index is -1.18. The third kappa shape index (κ3) is 3.39. The molecule has 4 fully saturated rings. The molecule has 0 saturated heterocycles. The molecule has 0 aromatic carbocycles. The van der Waals surface area contributed by atoms with Crippen LogP contribution in [0.15, 0.2) is 11.6 Å². The number of allylic oxidation sites excluding steroid dienone is 2. The van der Waals surface area contributed by atoms with E-state index in [0.717, 1.165) is 32.1 Å². The van der Waals surface area contributed by atoms with E-state index in [0.29, 0.717) is 19.3 Å². The molecular weight excluding hydrogens is 496 g/mol. The highest BCUT2D eigenvalue weighted by molar-refractivity contribution is 5.79. The van der Waals surface area contributed by atoms with Gasteiger partial charge in [0.25, 0.3) is 0 Å². The molecule has 5 rings (SSSR count). The Balaban J connectivity index is 1.64. The van der Waals surface area contributed by atoms with Gasteiger partial charge in [-0.1, -0.05) is 39.3 Å². The van der Waals surface area contributed by atoms with Crippen LogP contribution in [0, 0.1) is 50.7 Å². The predicted octanol–water partition coefficient (Wildman–Crippen LogP) is 4.42. The average Bonchev–Trinajstić information content (AvgIpc) is 2.88. The van der Waals surface area contributed by atoms with Crippen LogP contribution >= 0.6 is 0 Å². The number of methoxy groups -OCH3 is 2. The number of aliphatic hydroxyl groups excluding tert-OH is 2. The lowest BCUT2D eigenvalue weighted by molar-refractivity contribution is -0.242. The molecule has 0 aromatic heterocycles. The fourth-order valence-corrected chi connectivity index (χ4v) is 11.3. The van der Waals surface area contributed by atoms with Crippen LogP contribution in [0.4, 0.5) is 0 Å². The molecule has 3 N–H and O–H groups in total. The summed E-state index contributed by atoms with van der Waals surface area (Å²) in [5.74, 6) is -0.759. The molecule has 5 aliphatic carbocycles. The highest BCUT2D eigenvalue weighted by Gasteiger charge is 2.72. The van der Waals surface area contributed by atoms with Crippen molar-refractivity contribution in [3.63, 3.8) is 0 Å². The summed E-state index contributed by atoms with van der Waals surface area (Å²) in [7, 11) is 2.84. The van der Waals surface area contributed by atoms with Gasteiger partial charge in [0.2, 0.25) is 0 Å². The van der Waals surface area contributed by atoms with Gasteiger partial charge >= 0.3 is 11.9 Å². The number of aliphatic hydroxyl groups is 3. The highest BCUT2D eigenvalue weighted by Crippen LogP contribution is 2.76. The highest BCUT2D eigenvalue weighted by atomic mass is 16.5. The maximum absolute atomic E-state index is 13.5. The molecule has 0 heterocycles. The number of esters is 2. The topological polar surface area (TPSA) is 113 Å². The van der Waals surface area contributed by atoms with Crippen LogP contribution < -0.4 is 0 Å². The third-order valence-electron chi connectivity index (χ3n) is 13.9. The number of rotatable bonds is 2. The van der Waals surface area contributed by atoms with Crippen molar-refractivity contribution in [2.24, 2.45) is 50.7 Å². The summed E-state index contributed by atoms with van der Waals surface area (Å²) in [6.45, 7) is 12.7. The van der Waals surface area contributed by atoms with Crippen LogP contribution in [0.2, 0.25) is 0 Å². The first-order valence-electron chi connectivity index (χ1n) is 15.0. The van der Waals surface area contributed by atoms with Gasteiger partial charge in [0.15, 0.2) is 0 Å². The van der Waals surface area contributed by atoms with Crippen molar-refractivity contribution in [2.45, 2.75) is 111 Å². The van der Waals surface area contributed by atoms with Crippen LogP contribution in [0.5, 0.6) is 0 Å². The van der Waals surface area contributed by atoms with Crippen molar-refractivity contribution in [3.8, 4) is 0 Å². The van der Waals surface area contributed by atoms with Gasteiger partial charge < -0.3 is 24.8 Å². The van der Waals surface area contributed by atoms with Crippen molar-refractivity contribution in [1.29, 1.82) is 0 Å². The number of fused-ring (bicyclic) bond motifs is 7. The minimum absolute atomic E-state index is 0.0995. The van der Waals surface area contributed by atoms with Crippen LogP contribution in [0.3, 0.4) is 0 Å². The molecule has 7 heteroatoms. The first-order valence-corrected chi connectivity index (χ1v) is 15.0. The van der Waals surface area contributed by atoms with Gasteiger partial charge in [-0.15, -0.1) is 0 Å². The molecule has 220 valence electrons. The normalized spacial score (nSPS) is 54.7. The van der Waals surface area contributed by atoms with E-state index in [4.69, 9.17) is 9.47 Å². The Morgan fingerprint density at radius 2 is 1.51 bits per heavy atom. The molecule has 12 atom stereocenters. The Labute approximate surface area is 233 Å². The molecule has 7 nitrogen and oxygen atoms in total. The van der Waals surface area contributed by atoms with E-state index in [2.05, 4.69) is 33.8 Å². The Morgan fingerprint density at radius 1 is 0.897 bits per heavy atom. The van der Waals surface area contributed by atoms with Crippen LogP contribution in [-0.4, -0.2) is 59.3 Å². The van der Waals surface area contributed by atoms with E-state index >= 15 is 0 Å². The lowest BCUT2D eigenvalue weighted by Gasteiger charge is -2.71. The Kier molecular flexibility index (Phi) is 6.54. The number of hydrogen-bond donors (Lipinski definition) is 3. The van der Waals surface area contributed by atoms with Gasteiger partial charge in [-0.2, -0.15) is 0 Å². The largest absolute Gasteiger partial charge is 0.469 e. The first kappa shape index (κ1) is 29.1. The molecule has 0 radical (unpaired) electrons. The van der Waals surface area contributed by atoms with Gasteiger partial charge in [0, 0.05) is 5.92 Å². The van der Waals surface area contributed by atoms with Crippen molar-refractivity contribution >= 4 is 11.9 Å². The predicted molar refractivity (Wildman–Crippen MR) is 146 cm³/mol. The van der Waals surface area contributed by atoms with Crippen molar-refractivity contribution < 1.29 is 34.4 Å². The maximum Gasteiger partial charge on any atom is 0.314 e. The Morgan fingerprint density at radius 3 is 2.13 bits per heavy atom.